The number of carbonyl (C=O) groups excluding carboxylic acids is 3. The Kier molecular flexibility index (Phi) is 5.86. The van der Waals surface area contributed by atoms with Crippen molar-refractivity contribution >= 4 is 40.8 Å². The normalized spacial score (nSPS) is 15.6. The maximum Gasteiger partial charge on any atom is 0.418 e. The first-order valence-electron chi connectivity index (χ1n) is 7.32. The van der Waals surface area contributed by atoms with E-state index >= 15 is 0 Å². The maximum atomic E-state index is 13.0. The zero-order valence-electron chi connectivity index (χ0n) is 13.3. The van der Waals surface area contributed by atoms with Crippen LogP contribution < -0.4 is 10.7 Å². The van der Waals surface area contributed by atoms with Gasteiger partial charge in [0.25, 0.3) is 5.91 Å². The molecule has 140 valence electrons. The second kappa shape index (κ2) is 7.73. The van der Waals surface area contributed by atoms with E-state index in [-0.39, 0.29) is 29.5 Å². The van der Waals surface area contributed by atoms with Gasteiger partial charge in [-0.1, -0.05) is 11.6 Å². The standard InChI is InChI=1S/C15H13ClF3N3O4/c1-7(26-14(25)11-4-5-12(23)22-21-11)13(24)20-10-3-2-8(16)6-9(10)15(17,18)19/h2-3,6-7H,4-5H2,1H3,(H,20,24)(H,22,23)/t7-/m1/s1. The van der Waals surface area contributed by atoms with Crippen LogP contribution in [0.15, 0.2) is 23.3 Å². The minimum atomic E-state index is -4.73. The van der Waals surface area contributed by atoms with Crippen LogP contribution in [0.2, 0.25) is 5.02 Å². The zero-order chi connectivity index (χ0) is 19.5. The van der Waals surface area contributed by atoms with Crippen molar-refractivity contribution in [3.63, 3.8) is 0 Å². The molecule has 1 atom stereocenters. The second-order valence-electron chi connectivity index (χ2n) is 5.32. The highest BCUT2D eigenvalue weighted by atomic mass is 35.5. The molecule has 0 aliphatic carbocycles. The largest absolute Gasteiger partial charge is 0.448 e. The van der Waals surface area contributed by atoms with E-state index in [0.717, 1.165) is 6.07 Å². The summed E-state index contributed by atoms with van der Waals surface area (Å²) in [5, 5.41) is 5.42. The highest BCUT2D eigenvalue weighted by Crippen LogP contribution is 2.36. The number of anilines is 1. The molecular formula is C15H13ClF3N3O4. The van der Waals surface area contributed by atoms with Crippen molar-refractivity contribution in [3.05, 3.63) is 28.8 Å². The average Bonchev–Trinajstić information content (AvgIpc) is 2.56. The summed E-state index contributed by atoms with van der Waals surface area (Å²) in [7, 11) is 0. The number of hydrogen-bond acceptors (Lipinski definition) is 5. The van der Waals surface area contributed by atoms with E-state index < -0.39 is 35.4 Å². The first kappa shape index (κ1) is 19.7. The van der Waals surface area contributed by atoms with Crippen molar-refractivity contribution in [1.82, 2.24) is 5.43 Å². The van der Waals surface area contributed by atoms with E-state index in [0.29, 0.717) is 6.07 Å². The molecule has 1 aromatic rings. The molecule has 7 nitrogen and oxygen atoms in total. The van der Waals surface area contributed by atoms with E-state index in [4.69, 9.17) is 16.3 Å². The monoisotopic (exact) mass is 391 g/mol. The van der Waals surface area contributed by atoms with Crippen LogP contribution >= 0.6 is 11.6 Å². The highest BCUT2D eigenvalue weighted by Gasteiger charge is 2.35. The number of esters is 1. The van der Waals surface area contributed by atoms with Crippen molar-refractivity contribution in [1.29, 1.82) is 0 Å². The fraction of sp³-hybridized carbons (Fsp3) is 0.333. The van der Waals surface area contributed by atoms with Gasteiger partial charge in [-0.15, -0.1) is 0 Å². The third-order valence-corrected chi connectivity index (χ3v) is 3.57. The highest BCUT2D eigenvalue weighted by molar-refractivity contribution is 6.37. The topological polar surface area (TPSA) is 96.9 Å². The average molecular weight is 392 g/mol. The SMILES string of the molecule is C[C@@H](OC(=O)C1=NNC(=O)CC1)C(=O)Nc1ccc(Cl)cc1C(F)(F)F. The van der Waals surface area contributed by atoms with Crippen LogP contribution in [0, 0.1) is 0 Å². The molecule has 1 aromatic carbocycles. The molecule has 1 aliphatic heterocycles. The zero-order valence-corrected chi connectivity index (χ0v) is 14.1. The number of alkyl halides is 3. The molecule has 0 unspecified atom stereocenters. The molecule has 11 heteroatoms. The van der Waals surface area contributed by atoms with Crippen LogP contribution in [0.3, 0.4) is 0 Å². The predicted molar refractivity (Wildman–Crippen MR) is 85.4 cm³/mol. The third-order valence-electron chi connectivity index (χ3n) is 3.34. The Morgan fingerprint density at radius 2 is 2.04 bits per heavy atom. The first-order chi connectivity index (χ1) is 12.1. The molecule has 1 heterocycles. The van der Waals surface area contributed by atoms with Gasteiger partial charge in [0.05, 0.1) is 11.3 Å². The Hall–Kier alpha value is -2.62. The molecule has 0 aromatic heterocycles. The Labute approximate surface area is 150 Å². The lowest BCUT2D eigenvalue weighted by molar-refractivity contribution is -0.146. The summed E-state index contributed by atoms with van der Waals surface area (Å²) in [5.74, 6) is -2.28. The third kappa shape index (κ3) is 4.94. The summed E-state index contributed by atoms with van der Waals surface area (Å²) >= 11 is 5.56. The number of halogens is 4. The van der Waals surface area contributed by atoms with Crippen molar-refractivity contribution < 1.29 is 32.3 Å². The molecule has 1 aliphatic rings. The second-order valence-corrected chi connectivity index (χ2v) is 5.75. The summed E-state index contributed by atoms with van der Waals surface area (Å²) in [4.78, 5) is 34.9. The Morgan fingerprint density at radius 1 is 1.35 bits per heavy atom. The number of nitrogens with zero attached hydrogens (tertiary/aromatic N) is 1. The molecule has 0 spiro atoms. The molecule has 0 saturated heterocycles. The lowest BCUT2D eigenvalue weighted by Gasteiger charge is -2.18. The lowest BCUT2D eigenvalue weighted by Crippen LogP contribution is -2.36. The number of hydrogen-bond donors (Lipinski definition) is 2. The summed E-state index contributed by atoms with van der Waals surface area (Å²) in [6, 6.07) is 2.86. The van der Waals surface area contributed by atoms with Gasteiger partial charge in [-0.3, -0.25) is 9.59 Å². The quantitative estimate of drug-likeness (QED) is 0.771. The number of nitrogens with one attached hydrogen (secondary N) is 2. The van der Waals surface area contributed by atoms with Gasteiger partial charge in [0.2, 0.25) is 5.91 Å². The maximum absolute atomic E-state index is 13.0. The first-order valence-corrected chi connectivity index (χ1v) is 7.69. The number of rotatable bonds is 4. The van der Waals surface area contributed by atoms with E-state index in [9.17, 15) is 27.6 Å². The van der Waals surface area contributed by atoms with E-state index in [2.05, 4.69) is 15.8 Å². The van der Waals surface area contributed by atoms with E-state index in [1.807, 2.05) is 0 Å². The molecule has 2 N–H and O–H groups in total. The number of ether oxygens (including phenoxy) is 1. The molecule has 0 fully saturated rings. The molecule has 0 saturated carbocycles. The van der Waals surface area contributed by atoms with Gasteiger partial charge in [0.15, 0.2) is 6.10 Å². The van der Waals surface area contributed by atoms with Gasteiger partial charge < -0.3 is 10.1 Å². The Balaban J connectivity index is 2.06. The number of carbonyl (C=O) groups is 3. The van der Waals surface area contributed by atoms with Crippen molar-refractivity contribution in [2.45, 2.75) is 32.0 Å². The van der Waals surface area contributed by atoms with Crippen LogP contribution in [0.1, 0.15) is 25.3 Å². The summed E-state index contributed by atoms with van der Waals surface area (Å²) in [5.41, 5.74) is 0.359. The van der Waals surface area contributed by atoms with Gasteiger partial charge in [-0.2, -0.15) is 18.3 Å². The number of benzene rings is 1. The smallest absolute Gasteiger partial charge is 0.418 e. The minimum Gasteiger partial charge on any atom is -0.448 e. The lowest BCUT2D eigenvalue weighted by atomic mass is 10.1. The predicted octanol–water partition coefficient (Wildman–Crippen LogP) is 2.50. The van der Waals surface area contributed by atoms with Crippen molar-refractivity contribution in [2.75, 3.05) is 5.32 Å². The molecule has 0 radical (unpaired) electrons. The summed E-state index contributed by atoms with van der Waals surface area (Å²) in [6.07, 6.45) is -6.05. The molecule has 0 bridgehead atoms. The van der Waals surface area contributed by atoms with Crippen molar-refractivity contribution in [3.8, 4) is 0 Å². The van der Waals surface area contributed by atoms with Crippen LogP contribution in [0.25, 0.3) is 0 Å². The van der Waals surface area contributed by atoms with Crippen LogP contribution in [0.5, 0.6) is 0 Å². The molecule has 2 rings (SSSR count). The summed E-state index contributed by atoms with van der Waals surface area (Å²) in [6.45, 7) is 1.19. The van der Waals surface area contributed by atoms with E-state index in [1.54, 1.807) is 0 Å². The van der Waals surface area contributed by atoms with Gasteiger partial charge in [0, 0.05) is 17.9 Å². The molecular weight excluding hydrogens is 379 g/mol. The van der Waals surface area contributed by atoms with Crippen molar-refractivity contribution in [2.24, 2.45) is 5.10 Å². The van der Waals surface area contributed by atoms with Crippen LogP contribution in [0.4, 0.5) is 18.9 Å². The van der Waals surface area contributed by atoms with Gasteiger partial charge in [0.1, 0.15) is 5.71 Å². The molecule has 26 heavy (non-hydrogen) atoms. The Bertz CT molecular complexity index is 780. The van der Waals surface area contributed by atoms with Crippen LogP contribution in [-0.2, 0) is 25.3 Å². The van der Waals surface area contributed by atoms with E-state index in [1.165, 1.54) is 13.0 Å². The van der Waals surface area contributed by atoms with Crippen LogP contribution in [-0.4, -0.2) is 29.6 Å². The van der Waals surface area contributed by atoms with Gasteiger partial charge >= 0.3 is 12.1 Å². The molecule has 2 amide bonds. The van der Waals surface area contributed by atoms with Gasteiger partial charge in [-0.05, 0) is 25.1 Å². The Morgan fingerprint density at radius 3 is 2.62 bits per heavy atom. The van der Waals surface area contributed by atoms with Gasteiger partial charge in [-0.25, -0.2) is 10.2 Å². The fourth-order valence-electron chi connectivity index (χ4n) is 2.00. The number of amides is 2. The minimum absolute atomic E-state index is 0.0359. The summed E-state index contributed by atoms with van der Waals surface area (Å²) < 4.78 is 43.9. The number of hydrazone groups is 1. The fourth-order valence-corrected chi connectivity index (χ4v) is 2.17.